The molecule has 0 spiro atoms. The maximum atomic E-state index is 13.1. The van der Waals surface area contributed by atoms with Crippen LogP contribution in [0.25, 0.3) is 0 Å². The van der Waals surface area contributed by atoms with Gasteiger partial charge >= 0.3 is 0 Å². The van der Waals surface area contributed by atoms with E-state index in [4.69, 9.17) is 9.47 Å². The summed E-state index contributed by atoms with van der Waals surface area (Å²) in [5.74, 6) is 0.00983. The van der Waals surface area contributed by atoms with Gasteiger partial charge in [0.1, 0.15) is 11.5 Å². The Bertz CT molecular complexity index is 1020. The molecule has 3 rings (SSSR count). The van der Waals surface area contributed by atoms with Crippen LogP contribution >= 0.6 is 0 Å². The zero-order valence-electron chi connectivity index (χ0n) is 18.8. The number of hydrogen-bond acceptors (Lipinski definition) is 7. The molecule has 1 aliphatic heterocycles. The van der Waals surface area contributed by atoms with E-state index < -0.39 is 10.8 Å². The number of hydrogen-bond donors (Lipinski definition) is 2. The first-order valence-corrected chi connectivity index (χ1v) is 10.8. The largest absolute Gasteiger partial charge is 0.497 e. The number of nitro groups is 1. The number of benzene rings is 2. The Morgan fingerprint density at radius 2 is 1.67 bits per heavy atom. The van der Waals surface area contributed by atoms with Crippen molar-refractivity contribution in [1.29, 1.82) is 0 Å². The number of methoxy groups -OCH3 is 2. The van der Waals surface area contributed by atoms with Gasteiger partial charge in [-0.2, -0.15) is 0 Å². The van der Waals surface area contributed by atoms with Crippen LogP contribution in [0.5, 0.6) is 11.5 Å². The molecule has 0 atom stereocenters. The fraction of sp³-hybridized carbons (Fsp3) is 0.391. The number of nitrogens with zero attached hydrogens (tertiary/aromatic N) is 2. The minimum absolute atomic E-state index is 0.0220. The fourth-order valence-corrected chi connectivity index (χ4v) is 3.72. The lowest BCUT2D eigenvalue weighted by Crippen LogP contribution is -2.34. The number of carbonyl (C=O) groups is 2. The van der Waals surface area contributed by atoms with E-state index in [-0.39, 0.29) is 29.4 Å². The second-order valence-electron chi connectivity index (χ2n) is 7.75. The molecule has 176 valence electrons. The molecular weight excluding hydrogens is 428 g/mol. The van der Waals surface area contributed by atoms with Gasteiger partial charge in [0.2, 0.25) is 5.91 Å². The number of nitro benzene ring substituents is 1. The summed E-state index contributed by atoms with van der Waals surface area (Å²) >= 11 is 0. The van der Waals surface area contributed by atoms with Crippen molar-refractivity contribution in [1.82, 2.24) is 4.90 Å². The molecule has 2 amide bonds. The first-order valence-electron chi connectivity index (χ1n) is 10.8. The molecule has 1 aliphatic rings. The van der Waals surface area contributed by atoms with E-state index in [1.54, 1.807) is 18.2 Å². The minimum Gasteiger partial charge on any atom is -0.497 e. The van der Waals surface area contributed by atoms with E-state index in [1.165, 1.54) is 26.4 Å². The van der Waals surface area contributed by atoms with Gasteiger partial charge in [-0.05, 0) is 44.1 Å². The van der Waals surface area contributed by atoms with E-state index in [9.17, 15) is 19.7 Å². The lowest BCUT2D eigenvalue weighted by molar-refractivity contribution is -0.384. The number of ether oxygens (including phenoxy) is 2. The van der Waals surface area contributed by atoms with E-state index >= 15 is 0 Å². The van der Waals surface area contributed by atoms with Crippen molar-refractivity contribution in [3.63, 3.8) is 0 Å². The number of amides is 2. The Labute approximate surface area is 192 Å². The molecule has 2 N–H and O–H groups in total. The summed E-state index contributed by atoms with van der Waals surface area (Å²) < 4.78 is 10.5. The van der Waals surface area contributed by atoms with Crippen molar-refractivity contribution in [3.05, 3.63) is 52.1 Å². The van der Waals surface area contributed by atoms with Crippen molar-refractivity contribution in [3.8, 4) is 11.5 Å². The van der Waals surface area contributed by atoms with Crippen molar-refractivity contribution in [2.24, 2.45) is 0 Å². The first-order chi connectivity index (χ1) is 15.9. The molecular formula is C23H28N4O6. The summed E-state index contributed by atoms with van der Waals surface area (Å²) in [5, 5.41) is 16.7. The van der Waals surface area contributed by atoms with Crippen LogP contribution < -0.4 is 20.1 Å². The smallest absolute Gasteiger partial charge is 0.270 e. The van der Waals surface area contributed by atoms with E-state index in [0.717, 1.165) is 44.8 Å². The third-order valence-electron chi connectivity index (χ3n) is 5.46. The van der Waals surface area contributed by atoms with Crippen LogP contribution in [0.15, 0.2) is 36.4 Å². The zero-order chi connectivity index (χ0) is 23.8. The van der Waals surface area contributed by atoms with Crippen LogP contribution in [0, 0.1) is 10.1 Å². The summed E-state index contributed by atoms with van der Waals surface area (Å²) in [7, 11) is 2.96. The van der Waals surface area contributed by atoms with Gasteiger partial charge in [-0.1, -0.05) is 12.8 Å². The van der Waals surface area contributed by atoms with Crippen molar-refractivity contribution >= 4 is 28.9 Å². The topological polar surface area (TPSA) is 123 Å². The molecule has 10 nitrogen and oxygen atoms in total. The molecule has 1 heterocycles. The van der Waals surface area contributed by atoms with Crippen LogP contribution in [0.3, 0.4) is 0 Å². The molecule has 2 aromatic carbocycles. The molecule has 0 unspecified atom stereocenters. The molecule has 1 saturated heterocycles. The van der Waals surface area contributed by atoms with Crippen LogP contribution in [0.2, 0.25) is 0 Å². The second kappa shape index (κ2) is 11.3. The molecule has 0 saturated carbocycles. The van der Waals surface area contributed by atoms with Gasteiger partial charge in [0, 0.05) is 18.2 Å². The number of likely N-dealkylation sites (tertiary alicyclic amines) is 1. The maximum Gasteiger partial charge on any atom is 0.270 e. The van der Waals surface area contributed by atoms with Crippen molar-refractivity contribution in [2.75, 3.05) is 44.5 Å². The summed E-state index contributed by atoms with van der Waals surface area (Å²) in [6, 6.07) is 8.63. The molecule has 0 radical (unpaired) electrons. The molecule has 0 aliphatic carbocycles. The molecule has 1 fully saturated rings. The molecule has 33 heavy (non-hydrogen) atoms. The SMILES string of the molecule is COc1ccc(NC(=O)c2cc([N+](=O)[O-])ccc2NC(=O)CN2CCCCCC2)c(OC)c1. The first kappa shape index (κ1) is 24.0. The highest BCUT2D eigenvalue weighted by atomic mass is 16.6. The van der Waals surface area contributed by atoms with E-state index in [1.807, 2.05) is 0 Å². The van der Waals surface area contributed by atoms with E-state index in [2.05, 4.69) is 15.5 Å². The Morgan fingerprint density at radius 1 is 0.970 bits per heavy atom. The zero-order valence-corrected chi connectivity index (χ0v) is 18.8. The average Bonchev–Trinajstić information content (AvgIpc) is 3.07. The lowest BCUT2D eigenvalue weighted by atomic mass is 10.1. The summed E-state index contributed by atoms with van der Waals surface area (Å²) in [6.45, 7) is 1.89. The van der Waals surface area contributed by atoms with Crippen LogP contribution in [-0.2, 0) is 4.79 Å². The van der Waals surface area contributed by atoms with Crippen molar-refractivity contribution in [2.45, 2.75) is 25.7 Å². The van der Waals surface area contributed by atoms with Gasteiger partial charge < -0.3 is 20.1 Å². The van der Waals surface area contributed by atoms with Crippen LogP contribution in [0.1, 0.15) is 36.0 Å². The minimum atomic E-state index is -0.618. The van der Waals surface area contributed by atoms with Crippen LogP contribution in [0.4, 0.5) is 17.1 Å². The Hall–Kier alpha value is -3.66. The number of rotatable bonds is 8. The molecule has 0 aromatic heterocycles. The normalized spacial score (nSPS) is 14.1. The number of nitrogens with one attached hydrogen (secondary N) is 2. The number of carbonyl (C=O) groups excluding carboxylic acids is 2. The standard InChI is InChI=1S/C23H28N4O6/c1-32-17-8-10-20(21(14-17)33-2)25-23(29)18-13-16(27(30)31)7-9-19(18)24-22(28)15-26-11-5-3-4-6-12-26/h7-10,13-14H,3-6,11-12,15H2,1-2H3,(H,24,28)(H,25,29). The maximum absolute atomic E-state index is 13.1. The van der Waals surface area contributed by atoms with Crippen molar-refractivity contribution < 1.29 is 24.0 Å². The molecule has 0 bridgehead atoms. The van der Waals surface area contributed by atoms with Gasteiger partial charge in [-0.15, -0.1) is 0 Å². The fourth-order valence-electron chi connectivity index (χ4n) is 3.72. The monoisotopic (exact) mass is 456 g/mol. The quantitative estimate of drug-likeness (QED) is 0.459. The van der Waals surface area contributed by atoms with Gasteiger partial charge in [0.15, 0.2) is 0 Å². The van der Waals surface area contributed by atoms with Gasteiger partial charge in [0.05, 0.1) is 42.6 Å². The second-order valence-corrected chi connectivity index (χ2v) is 7.75. The Morgan fingerprint density at radius 3 is 2.30 bits per heavy atom. The predicted octanol–water partition coefficient (Wildman–Crippen LogP) is 3.68. The van der Waals surface area contributed by atoms with Gasteiger partial charge in [-0.3, -0.25) is 24.6 Å². The predicted molar refractivity (Wildman–Crippen MR) is 124 cm³/mol. The van der Waals surface area contributed by atoms with E-state index in [0.29, 0.717) is 17.2 Å². The Kier molecular flexibility index (Phi) is 8.20. The summed E-state index contributed by atoms with van der Waals surface area (Å²) in [4.78, 5) is 38.5. The molecule has 10 heteroatoms. The summed E-state index contributed by atoms with van der Waals surface area (Å²) in [5.41, 5.74) is 0.278. The third-order valence-corrected chi connectivity index (χ3v) is 5.46. The number of anilines is 2. The number of non-ortho nitro benzene ring substituents is 1. The Balaban J connectivity index is 1.82. The molecule has 2 aromatic rings. The van der Waals surface area contributed by atoms with Gasteiger partial charge in [-0.25, -0.2) is 0 Å². The highest BCUT2D eigenvalue weighted by molar-refractivity contribution is 6.11. The summed E-state index contributed by atoms with van der Waals surface area (Å²) in [6.07, 6.45) is 4.39. The third kappa shape index (κ3) is 6.42. The van der Waals surface area contributed by atoms with Crippen LogP contribution in [-0.4, -0.2) is 55.5 Å². The highest BCUT2D eigenvalue weighted by Crippen LogP contribution is 2.30. The highest BCUT2D eigenvalue weighted by Gasteiger charge is 2.21. The lowest BCUT2D eigenvalue weighted by Gasteiger charge is -2.19. The van der Waals surface area contributed by atoms with Gasteiger partial charge in [0.25, 0.3) is 11.6 Å². The average molecular weight is 456 g/mol.